The highest BCUT2D eigenvalue weighted by Crippen LogP contribution is 2.29. The topological polar surface area (TPSA) is 132 Å². The van der Waals surface area contributed by atoms with Gasteiger partial charge in [-0.2, -0.15) is 4.99 Å². The zero-order chi connectivity index (χ0) is 21.4. The third kappa shape index (κ3) is 6.63. The van der Waals surface area contributed by atoms with Crippen LogP contribution in [0.25, 0.3) is 0 Å². The maximum atomic E-state index is 12.8. The number of nitrogens with one attached hydrogen (secondary N) is 3. The number of benzene rings is 2. The largest absolute Gasteiger partial charge is 0.606 e. The molecule has 1 atom stereocenters. The van der Waals surface area contributed by atoms with Crippen LogP contribution in [0.2, 0.25) is 0 Å². The van der Waals surface area contributed by atoms with Crippen LogP contribution in [0.3, 0.4) is 0 Å². The van der Waals surface area contributed by atoms with Crippen molar-refractivity contribution in [2.45, 2.75) is 23.6 Å². The van der Waals surface area contributed by atoms with Gasteiger partial charge in [-0.1, -0.05) is 18.2 Å². The number of rotatable bonds is 4. The fourth-order valence-corrected chi connectivity index (χ4v) is 3.33. The Labute approximate surface area is 170 Å². The highest BCUT2D eigenvalue weighted by molar-refractivity contribution is 7.91. The first-order valence-corrected chi connectivity index (χ1v) is 9.55. The second-order valence-corrected chi connectivity index (χ2v) is 7.17. The summed E-state index contributed by atoms with van der Waals surface area (Å²) >= 11 is -1.47. The summed E-state index contributed by atoms with van der Waals surface area (Å²) in [6.07, 6.45) is -0.833. The molecule has 0 heterocycles. The Bertz CT molecular complexity index is 933. The van der Waals surface area contributed by atoms with E-state index >= 15 is 0 Å². The second kappa shape index (κ2) is 10.2. The summed E-state index contributed by atoms with van der Waals surface area (Å²) < 4.78 is 17.3. The molecule has 2 aromatic carbocycles. The van der Waals surface area contributed by atoms with E-state index in [1.807, 2.05) is 6.07 Å². The average molecular weight is 416 g/mol. The van der Waals surface area contributed by atoms with Crippen LogP contribution in [-0.2, 0) is 25.5 Å². The summed E-state index contributed by atoms with van der Waals surface area (Å²) in [5, 5.41) is 7.66. The molecular formula is C19H20N4O5S. The molecule has 2 rings (SSSR count). The van der Waals surface area contributed by atoms with Crippen molar-refractivity contribution in [2.24, 2.45) is 4.99 Å². The number of nitrogens with zero attached hydrogens (tertiary/aromatic N) is 1. The van der Waals surface area contributed by atoms with Gasteiger partial charge >= 0.3 is 6.09 Å². The Morgan fingerprint density at radius 3 is 2.24 bits per heavy atom. The molecule has 10 heteroatoms. The molecule has 0 saturated carbocycles. The van der Waals surface area contributed by atoms with Crippen molar-refractivity contribution >= 4 is 46.4 Å². The van der Waals surface area contributed by atoms with E-state index in [0.717, 1.165) is 7.11 Å². The van der Waals surface area contributed by atoms with Gasteiger partial charge in [0.2, 0.25) is 17.8 Å². The lowest BCUT2D eigenvalue weighted by Crippen LogP contribution is -2.36. The van der Waals surface area contributed by atoms with Crippen molar-refractivity contribution in [1.29, 1.82) is 0 Å². The lowest BCUT2D eigenvalue weighted by atomic mass is 10.2. The molecule has 3 amide bonds. The van der Waals surface area contributed by atoms with Gasteiger partial charge in [-0.3, -0.25) is 14.9 Å². The fraction of sp³-hybridized carbons (Fsp3) is 0.158. The lowest BCUT2D eigenvalue weighted by molar-refractivity contribution is -0.116. The van der Waals surface area contributed by atoms with Gasteiger partial charge in [0, 0.05) is 31.1 Å². The number of amides is 3. The van der Waals surface area contributed by atoms with Gasteiger partial charge in [-0.25, -0.2) is 4.79 Å². The van der Waals surface area contributed by atoms with Crippen LogP contribution in [0, 0.1) is 0 Å². The maximum Gasteiger partial charge on any atom is 0.413 e. The summed E-state index contributed by atoms with van der Waals surface area (Å²) in [4.78, 5) is 39.2. The third-order valence-corrected chi connectivity index (χ3v) is 4.78. The van der Waals surface area contributed by atoms with Crippen LogP contribution in [0.4, 0.5) is 16.2 Å². The van der Waals surface area contributed by atoms with E-state index in [0.29, 0.717) is 21.2 Å². The average Bonchev–Trinajstić information content (AvgIpc) is 2.68. The number of methoxy groups -OCH3 is 1. The normalized spacial score (nSPS) is 11.9. The van der Waals surface area contributed by atoms with E-state index in [-0.39, 0.29) is 11.9 Å². The number of guanidine groups is 1. The van der Waals surface area contributed by atoms with Crippen LogP contribution in [0.5, 0.6) is 0 Å². The van der Waals surface area contributed by atoms with Gasteiger partial charge in [0.15, 0.2) is 9.79 Å². The summed E-state index contributed by atoms with van der Waals surface area (Å²) in [7, 11) is 1.16. The molecule has 3 N–H and O–H groups in total. The second-order valence-electron chi connectivity index (χ2n) is 5.69. The number of aliphatic imine (C=N–C) groups is 1. The van der Waals surface area contributed by atoms with Crippen LogP contribution in [0.1, 0.15) is 13.8 Å². The Morgan fingerprint density at radius 1 is 0.966 bits per heavy atom. The summed E-state index contributed by atoms with van der Waals surface area (Å²) in [5.41, 5.74) is 0.618. The molecule has 9 nitrogen and oxygen atoms in total. The van der Waals surface area contributed by atoms with E-state index in [9.17, 15) is 18.9 Å². The molecule has 0 aliphatic rings. The molecule has 0 bridgehead atoms. The Morgan fingerprint density at radius 2 is 1.66 bits per heavy atom. The van der Waals surface area contributed by atoms with Crippen molar-refractivity contribution in [3.63, 3.8) is 0 Å². The minimum absolute atomic E-state index is 0.187. The fourth-order valence-electron chi connectivity index (χ4n) is 2.24. The van der Waals surface area contributed by atoms with Crippen molar-refractivity contribution in [2.75, 3.05) is 17.7 Å². The number of hydrogen-bond donors (Lipinski definition) is 3. The molecule has 0 saturated heterocycles. The van der Waals surface area contributed by atoms with Gasteiger partial charge in [0.05, 0.1) is 18.5 Å². The number of anilines is 2. The molecular weight excluding hydrogens is 396 g/mol. The van der Waals surface area contributed by atoms with E-state index in [1.165, 1.54) is 19.9 Å². The number of carbonyl (C=O) groups excluding carboxylic acids is 3. The van der Waals surface area contributed by atoms with E-state index in [4.69, 9.17) is 0 Å². The molecule has 0 radical (unpaired) electrons. The number of carbonyl (C=O) groups is 3. The molecule has 0 aliphatic carbocycles. The maximum absolute atomic E-state index is 12.8. The van der Waals surface area contributed by atoms with Gasteiger partial charge in [0.1, 0.15) is 0 Å². The van der Waals surface area contributed by atoms with Gasteiger partial charge in [0.25, 0.3) is 0 Å². The van der Waals surface area contributed by atoms with Gasteiger partial charge in [-0.05, 0) is 24.3 Å². The molecule has 1 unspecified atom stereocenters. The quantitative estimate of drug-likeness (QED) is 0.399. The Kier molecular flexibility index (Phi) is 7.75. The van der Waals surface area contributed by atoms with Crippen LogP contribution >= 0.6 is 0 Å². The molecule has 0 fully saturated rings. The van der Waals surface area contributed by atoms with E-state index in [2.05, 4.69) is 25.7 Å². The first kappa shape index (κ1) is 21.9. The van der Waals surface area contributed by atoms with Crippen molar-refractivity contribution in [3.8, 4) is 0 Å². The first-order valence-electron chi connectivity index (χ1n) is 8.40. The van der Waals surface area contributed by atoms with Gasteiger partial charge in [-0.15, -0.1) is 0 Å². The SMILES string of the molecule is COC(=O)N/C(=N/C(C)=O)Nc1ccc([S+]([O-])c2ccccc2)cc1NC(C)=O. The number of hydrogen-bond acceptors (Lipinski definition) is 5. The Hall–Kier alpha value is -3.37. The van der Waals surface area contributed by atoms with E-state index < -0.39 is 23.2 Å². The zero-order valence-corrected chi connectivity index (χ0v) is 16.8. The Balaban J connectivity index is 2.38. The highest BCUT2D eigenvalue weighted by atomic mass is 32.2. The first-order chi connectivity index (χ1) is 13.8. The van der Waals surface area contributed by atoms with Crippen LogP contribution in [0.15, 0.2) is 63.3 Å². The zero-order valence-electron chi connectivity index (χ0n) is 16.0. The van der Waals surface area contributed by atoms with Crippen LogP contribution < -0.4 is 16.0 Å². The molecule has 29 heavy (non-hydrogen) atoms. The van der Waals surface area contributed by atoms with Crippen molar-refractivity contribution in [3.05, 3.63) is 48.5 Å². The predicted molar refractivity (Wildman–Crippen MR) is 109 cm³/mol. The number of alkyl carbamates (subject to hydrolysis) is 1. The smallest absolute Gasteiger partial charge is 0.413 e. The number of ether oxygens (including phenoxy) is 1. The molecule has 2 aromatic rings. The molecule has 0 aromatic heterocycles. The predicted octanol–water partition coefficient (Wildman–Crippen LogP) is 2.48. The van der Waals surface area contributed by atoms with E-state index in [1.54, 1.807) is 36.4 Å². The third-order valence-electron chi connectivity index (χ3n) is 3.40. The monoisotopic (exact) mass is 416 g/mol. The lowest BCUT2D eigenvalue weighted by Gasteiger charge is -2.16. The van der Waals surface area contributed by atoms with Gasteiger partial charge < -0.3 is 19.9 Å². The molecule has 152 valence electrons. The molecule has 0 aliphatic heterocycles. The highest BCUT2D eigenvalue weighted by Gasteiger charge is 2.18. The summed E-state index contributed by atoms with van der Waals surface area (Å²) in [6.45, 7) is 2.53. The minimum Gasteiger partial charge on any atom is -0.606 e. The van der Waals surface area contributed by atoms with Crippen molar-refractivity contribution < 1.29 is 23.7 Å². The summed E-state index contributed by atoms with van der Waals surface area (Å²) in [5.74, 6) is -1.11. The minimum atomic E-state index is -1.47. The van der Waals surface area contributed by atoms with Crippen molar-refractivity contribution in [1.82, 2.24) is 5.32 Å². The molecule has 0 spiro atoms. The summed E-state index contributed by atoms with van der Waals surface area (Å²) in [6, 6.07) is 13.5. The van der Waals surface area contributed by atoms with Crippen LogP contribution in [-0.4, -0.2) is 35.5 Å². The standard InChI is InChI=1S/C19H20N4O5S/c1-12(24)20-17-11-15(29(27)14-7-5-4-6-8-14)9-10-16(17)22-18(21-13(2)25)23-19(26)28-3/h4-11H,1-3H3,(H,20,24)(H2,21,22,23,25,26).